The molecule has 0 fully saturated rings. The van der Waals surface area contributed by atoms with Gasteiger partial charge in [-0.1, -0.05) is 13.8 Å². The van der Waals surface area contributed by atoms with Crippen LogP contribution in [0.2, 0.25) is 0 Å². The number of rotatable bonds is 11. The summed E-state index contributed by atoms with van der Waals surface area (Å²) in [4.78, 5) is 26.9. The Bertz CT molecular complexity index is 866. The Labute approximate surface area is 169 Å². The van der Waals surface area contributed by atoms with Crippen molar-refractivity contribution >= 4 is 5.91 Å². The molecule has 0 aliphatic heterocycles. The minimum atomic E-state index is -0.369. The molecule has 0 aliphatic carbocycles. The van der Waals surface area contributed by atoms with E-state index < -0.39 is 0 Å². The number of aromatic amines is 1. The molecule has 0 saturated heterocycles. The third kappa shape index (κ3) is 6.86. The van der Waals surface area contributed by atoms with Gasteiger partial charge < -0.3 is 24.5 Å². The van der Waals surface area contributed by atoms with Gasteiger partial charge in [0.1, 0.15) is 12.3 Å². The molecule has 9 nitrogen and oxygen atoms in total. The molecular weight excluding hydrogens is 376 g/mol. The number of carbonyl (C=O) groups excluding carboxylic acids is 1. The molecule has 9 heteroatoms. The van der Waals surface area contributed by atoms with Gasteiger partial charge in [0.15, 0.2) is 17.3 Å². The number of nitrogens with zero attached hydrogens (tertiary/aromatic N) is 2. The van der Waals surface area contributed by atoms with Crippen LogP contribution >= 0.6 is 0 Å². The topological polar surface area (TPSA) is 115 Å². The average molecular weight is 404 g/mol. The van der Waals surface area contributed by atoms with Crippen molar-refractivity contribution in [2.75, 3.05) is 34.0 Å². The number of benzene rings is 1. The summed E-state index contributed by atoms with van der Waals surface area (Å²) in [5.41, 5.74) is 0.484. The average Bonchev–Trinajstić information content (AvgIpc) is 2.71. The molecule has 1 aromatic heterocycles. The Morgan fingerprint density at radius 2 is 1.97 bits per heavy atom. The largest absolute Gasteiger partial charge is 0.493 e. The first-order valence-corrected chi connectivity index (χ1v) is 9.47. The van der Waals surface area contributed by atoms with Crippen LogP contribution in [0.15, 0.2) is 23.0 Å². The molecule has 0 unspecified atom stereocenters. The van der Waals surface area contributed by atoms with Gasteiger partial charge in [0.2, 0.25) is 5.91 Å². The van der Waals surface area contributed by atoms with Crippen LogP contribution in [0.5, 0.6) is 11.5 Å². The number of H-pyrrole nitrogens is 1. The first-order chi connectivity index (χ1) is 13.9. The molecule has 1 amide bonds. The summed E-state index contributed by atoms with van der Waals surface area (Å²) in [6.45, 7) is 5.49. The number of hydrogen-bond acceptors (Lipinski definition) is 7. The summed E-state index contributed by atoms with van der Waals surface area (Å²) >= 11 is 0. The van der Waals surface area contributed by atoms with Crippen LogP contribution in [0.3, 0.4) is 0 Å². The highest BCUT2D eigenvalue weighted by Gasteiger charge is 2.12. The molecule has 2 aromatic rings. The van der Waals surface area contributed by atoms with Crippen molar-refractivity contribution in [2.24, 2.45) is 5.92 Å². The van der Waals surface area contributed by atoms with Gasteiger partial charge in [0.25, 0.3) is 5.56 Å². The standard InChI is InChI=1S/C20H28N4O5/c1-13(2)12-21-18(25)8-6-15-20(26)22-19(24-23-15)14-5-7-16(17(11-14)28-4)29-10-9-27-3/h5,7,11,13H,6,8-10,12H2,1-4H3,(H,21,25)(H,22,24,26). The Morgan fingerprint density at radius 3 is 2.62 bits per heavy atom. The lowest BCUT2D eigenvalue weighted by molar-refractivity contribution is -0.121. The van der Waals surface area contributed by atoms with Gasteiger partial charge in [-0.2, -0.15) is 0 Å². The molecule has 0 saturated carbocycles. The summed E-state index contributed by atoms with van der Waals surface area (Å²) in [5, 5.41) is 10.9. The van der Waals surface area contributed by atoms with E-state index in [0.29, 0.717) is 48.6 Å². The van der Waals surface area contributed by atoms with Gasteiger partial charge in [0, 0.05) is 32.1 Å². The predicted molar refractivity (Wildman–Crippen MR) is 108 cm³/mol. The number of aryl methyl sites for hydroxylation is 1. The number of carbonyl (C=O) groups is 1. The molecule has 0 radical (unpaired) electrons. The SMILES string of the molecule is COCCOc1ccc(-c2nnc(CCC(=O)NCC(C)C)c(=O)[nH]2)cc1OC. The number of nitrogens with one attached hydrogen (secondary N) is 2. The highest BCUT2D eigenvalue weighted by Crippen LogP contribution is 2.31. The maximum absolute atomic E-state index is 12.3. The third-order valence-electron chi connectivity index (χ3n) is 4.04. The molecule has 158 valence electrons. The van der Waals surface area contributed by atoms with Gasteiger partial charge in [-0.05, 0) is 24.1 Å². The van der Waals surface area contributed by atoms with Crippen LogP contribution in [-0.4, -0.2) is 55.1 Å². The van der Waals surface area contributed by atoms with Crippen molar-refractivity contribution in [2.45, 2.75) is 26.7 Å². The van der Waals surface area contributed by atoms with E-state index in [1.165, 1.54) is 7.11 Å². The number of amides is 1. The fourth-order valence-electron chi connectivity index (χ4n) is 2.46. The van der Waals surface area contributed by atoms with Crippen molar-refractivity contribution in [1.29, 1.82) is 0 Å². The molecular formula is C20H28N4O5. The van der Waals surface area contributed by atoms with E-state index in [1.807, 2.05) is 13.8 Å². The second kappa shape index (κ2) is 11.2. The van der Waals surface area contributed by atoms with Crippen molar-refractivity contribution in [3.63, 3.8) is 0 Å². The first-order valence-electron chi connectivity index (χ1n) is 9.47. The minimum absolute atomic E-state index is 0.113. The van der Waals surface area contributed by atoms with Crippen LogP contribution in [0, 0.1) is 5.92 Å². The van der Waals surface area contributed by atoms with E-state index in [1.54, 1.807) is 25.3 Å². The first kappa shape index (κ1) is 22.4. The quantitative estimate of drug-likeness (QED) is 0.546. The monoisotopic (exact) mass is 404 g/mol. The lowest BCUT2D eigenvalue weighted by Gasteiger charge is -2.11. The number of aromatic nitrogens is 3. The van der Waals surface area contributed by atoms with Gasteiger partial charge in [-0.3, -0.25) is 9.59 Å². The van der Waals surface area contributed by atoms with Crippen LogP contribution < -0.4 is 20.3 Å². The number of methoxy groups -OCH3 is 2. The Kier molecular flexibility index (Phi) is 8.60. The van der Waals surface area contributed by atoms with E-state index >= 15 is 0 Å². The smallest absolute Gasteiger partial charge is 0.273 e. The molecule has 2 rings (SSSR count). The fourth-order valence-corrected chi connectivity index (χ4v) is 2.46. The van der Waals surface area contributed by atoms with E-state index in [2.05, 4.69) is 20.5 Å². The zero-order chi connectivity index (χ0) is 21.2. The maximum Gasteiger partial charge on any atom is 0.273 e. The maximum atomic E-state index is 12.3. The molecule has 0 aliphatic rings. The highest BCUT2D eigenvalue weighted by atomic mass is 16.5. The molecule has 29 heavy (non-hydrogen) atoms. The van der Waals surface area contributed by atoms with E-state index in [0.717, 1.165) is 0 Å². The molecule has 2 N–H and O–H groups in total. The fraction of sp³-hybridized carbons (Fsp3) is 0.500. The molecule has 1 aromatic carbocycles. The van der Waals surface area contributed by atoms with Crippen molar-refractivity contribution in [3.05, 3.63) is 34.2 Å². The molecule has 0 spiro atoms. The molecule has 0 bridgehead atoms. The van der Waals surface area contributed by atoms with Crippen molar-refractivity contribution < 1.29 is 19.0 Å². The zero-order valence-corrected chi connectivity index (χ0v) is 17.3. The van der Waals surface area contributed by atoms with E-state index in [4.69, 9.17) is 14.2 Å². The molecule has 1 heterocycles. The predicted octanol–water partition coefficient (Wildman–Crippen LogP) is 1.57. The van der Waals surface area contributed by atoms with Gasteiger partial charge in [-0.25, -0.2) is 0 Å². The second-order valence-electron chi connectivity index (χ2n) is 6.85. The highest BCUT2D eigenvalue weighted by molar-refractivity contribution is 5.76. The Morgan fingerprint density at radius 1 is 1.17 bits per heavy atom. The summed E-state index contributed by atoms with van der Waals surface area (Å²) in [6, 6.07) is 5.20. The second-order valence-corrected chi connectivity index (χ2v) is 6.85. The van der Waals surface area contributed by atoms with E-state index in [9.17, 15) is 9.59 Å². The lowest BCUT2D eigenvalue weighted by Crippen LogP contribution is -2.28. The van der Waals surface area contributed by atoms with Crippen molar-refractivity contribution in [3.8, 4) is 22.9 Å². The van der Waals surface area contributed by atoms with Crippen molar-refractivity contribution in [1.82, 2.24) is 20.5 Å². The van der Waals surface area contributed by atoms with Gasteiger partial charge in [-0.15, -0.1) is 10.2 Å². The summed E-state index contributed by atoms with van der Waals surface area (Å²) in [6.07, 6.45) is 0.410. The van der Waals surface area contributed by atoms with Crippen LogP contribution in [-0.2, 0) is 16.0 Å². The Hall–Kier alpha value is -2.94. The minimum Gasteiger partial charge on any atom is -0.493 e. The number of hydrogen-bond donors (Lipinski definition) is 2. The van der Waals surface area contributed by atoms with Gasteiger partial charge >= 0.3 is 0 Å². The van der Waals surface area contributed by atoms with Crippen LogP contribution in [0.25, 0.3) is 11.4 Å². The third-order valence-corrected chi connectivity index (χ3v) is 4.04. The summed E-state index contributed by atoms with van der Waals surface area (Å²) in [7, 11) is 3.13. The van der Waals surface area contributed by atoms with E-state index in [-0.39, 0.29) is 30.0 Å². The lowest BCUT2D eigenvalue weighted by atomic mass is 10.2. The summed E-state index contributed by atoms with van der Waals surface area (Å²) in [5.74, 6) is 1.64. The molecule has 0 atom stereocenters. The van der Waals surface area contributed by atoms with Crippen LogP contribution in [0.1, 0.15) is 26.0 Å². The Balaban J connectivity index is 2.07. The van der Waals surface area contributed by atoms with Crippen LogP contribution in [0.4, 0.5) is 0 Å². The summed E-state index contributed by atoms with van der Waals surface area (Å²) < 4.78 is 15.9. The zero-order valence-electron chi connectivity index (χ0n) is 17.3. The normalized spacial score (nSPS) is 10.8. The number of ether oxygens (including phenoxy) is 3. The van der Waals surface area contributed by atoms with Gasteiger partial charge in [0.05, 0.1) is 13.7 Å².